The maximum Gasteiger partial charge on any atom is 0.216 e. The molecule has 0 fully saturated rings. The summed E-state index contributed by atoms with van der Waals surface area (Å²) in [5.41, 5.74) is 1.86. The van der Waals surface area contributed by atoms with E-state index < -0.39 is 3.79 Å². The Balaban J connectivity index is 3.20. The summed E-state index contributed by atoms with van der Waals surface area (Å²) in [5, 5.41) is 0. The van der Waals surface area contributed by atoms with Gasteiger partial charge in [-0.25, -0.2) is 0 Å². The number of hydrogen-bond acceptors (Lipinski definition) is 0. The van der Waals surface area contributed by atoms with Crippen molar-refractivity contribution in [2.24, 2.45) is 0 Å². The molecule has 1 aromatic carbocycles. The molecular formula is C10H11Cl3. The molecule has 1 aromatic rings. The molecule has 0 radical (unpaired) electrons. The van der Waals surface area contributed by atoms with E-state index in [2.05, 4.69) is 13.8 Å². The van der Waals surface area contributed by atoms with E-state index in [1.165, 1.54) is 0 Å². The van der Waals surface area contributed by atoms with Crippen molar-refractivity contribution < 1.29 is 0 Å². The Kier molecular flexibility index (Phi) is 3.50. The maximum atomic E-state index is 5.84. The zero-order valence-electron chi connectivity index (χ0n) is 7.52. The normalized spacial score (nSPS) is 12.2. The minimum absolute atomic E-state index is 0.367. The Morgan fingerprint density at radius 3 is 2.00 bits per heavy atom. The molecule has 0 amide bonds. The fourth-order valence-corrected chi connectivity index (χ4v) is 1.77. The SMILES string of the molecule is CC(C)c1ccccc1C(Cl)(Cl)Cl. The maximum absolute atomic E-state index is 5.84. The first kappa shape index (κ1) is 11.2. The zero-order valence-corrected chi connectivity index (χ0v) is 9.79. The molecule has 0 aliphatic heterocycles. The molecule has 0 N–H and O–H groups in total. The first-order valence-corrected chi connectivity index (χ1v) is 5.22. The fraction of sp³-hybridized carbons (Fsp3) is 0.400. The first-order valence-electron chi connectivity index (χ1n) is 4.09. The predicted molar refractivity (Wildman–Crippen MR) is 59.8 cm³/mol. The van der Waals surface area contributed by atoms with Gasteiger partial charge in [-0.2, -0.15) is 0 Å². The molecule has 0 aliphatic rings. The van der Waals surface area contributed by atoms with E-state index in [1.54, 1.807) is 0 Å². The van der Waals surface area contributed by atoms with Crippen LogP contribution in [0.3, 0.4) is 0 Å². The van der Waals surface area contributed by atoms with Crippen molar-refractivity contribution >= 4 is 34.8 Å². The molecule has 0 aromatic heterocycles. The van der Waals surface area contributed by atoms with E-state index in [1.807, 2.05) is 24.3 Å². The Morgan fingerprint density at radius 1 is 1.08 bits per heavy atom. The Bertz CT molecular complexity index is 286. The predicted octanol–water partition coefficient (Wildman–Crippen LogP) is 4.64. The molecule has 0 nitrogen and oxygen atoms in total. The lowest BCUT2D eigenvalue weighted by Crippen LogP contribution is -2.05. The molecule has 0 saturated heterocycles. The summed E-state index contributed by atoms with van der Waals surface area (Å²) >= 11 is 17.5. The minimum Gasteiger partial charge on any atom is -0.0784 e. The topological polar surface area (TPSA) is 0 Å². The van der Waals surface area contributed by atoms with Crippen molar-refractivity contribution in [1.29, 1.82) is 0 Å². The molecule has 1 rings (SSSR count). The van der Waals surface area contributed by atoms with Crippen molar-refractivity contribution in [3.8, 4) is 0 Å². The lowest BCUT2D eigenvalue weighted by Gasteiger charge is -2.18. The monoisotopic (exact) mass is 236 g/mol. The van der Waals surface area contributed by atoms with E-state index >= 15 is 0 Å². The summed E-state index contributed by atoms with van der Waals surface area (Å²) in [6.45, 7) is 4.16. The molecule has 0 heterocycles. The van der Waals surface area contributed by atoms with Crippen LogP contribution in [0, 0.1) is 0 Å². The van der Waals surface area contributed by atoms with Gasteiger partial charge in [0, 0.05) is 5.56 Å². The van der Waals surface area contributed by atoms with Gasteiger partial charge >= 0.3 is 0 Å². The second kappa shape index (κ2) is 4.08. The van der Waals surface area contributed by atoms with Gasteiger partial charge in [0.15, 0.2) is 0 Å². The first-order chi connectivity index (χ1) is 5.93. The summed E-state index contributed by atoms with van der Waals surface area (Å²) in [7, 11) is 0. The number of benzene rings is 1. The third-order valence-electron chi connectivity index (χ3n) is 1.89. The van der Waals surface area contributed by atoms with Gasteiger partial charge in [-0.05, 0) is 11.5 Å². The zero-order chi connectivity index (χ0) is 10.1. The standard InChI is InChI=1S/C10H11Cl3/c1-7(2)8-5-3-4-6-9(8)10(11,12)13/h3-7H,1-2H3. The highest BCUT2D eigenvalue weighted by Crippen LogP contribution is 2.41. The molecule has 13 heavy (non-hydrogen) atoms. The summed E-state index contributed by atoms with van der Waals surface area (Å²) < 4.78 is -1.32. The highest BCUT2D eigenvalue weighted by atomic mass is 35.6. The average Bonchev–Trinajstić information content (AvgIpc) is 2.03. The number of alkyl halides is 3. The lowest BCUT2D eigenvalue weighted by molar-refractivity contribution is 0.847. The van der Waals surface area contributed by atoms with Crippen molar-refractivity contribution in [2.75, 3.05) is 0 Å². The summed E-state index contributed by atoms with van der Waals surface area (Å²) in [5.74, 6) is 0.367. The number of rotatable bonds is 1. The van der Waals surface area contributed by atoms with Crippen molar-refractivity contribution in [3.05, 3.63) is 35.4 Å². The Hall–Kier alpha value is 0.0900. The second-order valence-electron chi connectivity index (χ2n) is 3.24. The van der Waals surface area contributed by atoms with Crippen molar-refractivity contribution in [3.63, 3.8) is 0 Å². The molecule has 0 atom stereocenters. The molecule has 0 spiro atoms. The van der Waals surface area contributed by atoms with Crippen LogP contribution in [0.2, 0.25) is 0 Å². The number of hydrogen-bond donors (Lipinski definition) is 0. The third-order valence-corrected chi connectivity index (χ3v) is 2.50. The quantitative estimate of drug-likeness (QED) is 0.625. The van der Waals surface area contributed by atoms with Crippen LogP contribution in [0.25, 0.3) is 0 Å². The lowest BCUT2D eigenvalue weighted by atomic mass is 9.98. The van der Waals surface area contributed by atoms with Gasteiger partial charge < -0.3 is 0 Å². The van der Waals surface area contributed by atoms with Gasteiger partial charge in [0.25, 0.3) is 0 Å². The van der Waals surface area contributed by atoms with Crippen molar-refractivity contribution in [1.82, 2.24) is 0 Å². The molecule has 0 unspecified atom stereocenters. The Morgan fingerprint density at radius 2 is 1.62 bits per heavy atom. The average molecular weight is 238 g/mol. The Labute approximate surface area is 93.8 Å². The molecule has 0 bridgehead atoms. The third kappa shape index (κ3) is 2.77. The van der Waals surface area contributed by atoms with Gasteiger partial charge in [0.05, 0.1) is 0 Å². The fourth-order valence-electron chi connectivity index (χ4n) is 1.26. The highest BCUT2D eigenvalue weighted by molar-refractivity contribution is 6.66. The van der Waals surface area contributed by atoms with Crippen LogP contribution in [0.1, 0.15) is 30.9 Å². The summed E-state index contributed by atoms with van der Waals surface area (Å²) in [6.07, 6.45) is 0. The molecule has 0 aliphatic carbocycles. The molecule has 72 valence electrons. The minimum atomic E-state index is -1.32. The smallest absolute Gasteiger partial charge is 0.0784 e. The summed E-state index contributed by atoms with van der Waals surface area (Å²) in [4.78, 5) is 0. The van der Waals surface area contributed by atoms with Crippen molar-refractivity contribution in [2.45, 2.75) is 23.6 Å². The molecule has 0 saturated carbocycles. The van der Waals surface area contributed by atoms with Gasteiger partial charge in [-0.3, -0.25) is 0 Å². The van der Waals surface area contributed by atoms with Crippen LogP contribution in [-0.4, -0.2) is 0 Å². The number of halogens is 3. The molecule has 3 heteroatoms. The van der Waals surface area contributed by atoms with Crippen LogP contribution in [0.5, 0.6) is 0 Å². The van der Waals surface area contributed by atoms with Gasteiger partial charge in [-0.15, -0.1) is 0 Å². The largest absolute Gasteiger partial charge is 0.216 e. The second-order valence-corrected chi connectivity index (χ2v) is 5.52. The van der Waals surface area contributed by atoms with E-state index in [0.29, 0.717) is 5.92 Å². The van der Waals surface area contributed by atoms with Gasteiger partial charge in [0.1, 0.15) is 0 Å². The molecular weight excluding hydrogens is 226 g/mol. The van der Waals surface area contributed by atoms with Crippen LogP contribution in [0.4, 0.5) is 0 Å². The van der Waals surface area contributed by atoms with Gasteiger partial charge in [-0.1, -0.05) is 72.9 Å². The highest BCUT2D eigenvalue weighted by Gasteiger charge is 2.26. The van der Waals surface area contributed by atoms with Gasteiger partial charge in [0.2, 0.25) is 3.79 Å². The van der Waals surface area contributed by atoms with E-state index in [9.17, 15) is 0 Å². The van der Waals surface area contributed by atoms with Crippen LogP contribution < -0.4 is 0 Å². The van der Waals surface area contributed by atoms with Crippen LogP contribution in [0.15, 0.2) is 24.3 Å². The van der Waals surface area contributed by atoms with Crippen LogP contribution in [-0.2, 0) is 3.79 Å². The summed E-state index contributed by atoms with van der Waals surface area (Å²) in [6, 6.07) is 7.67. The van der Waals surface area contributed by atoms with E-state index in [4.69, 9.17) is 34.8 Å². The van der Waals surface area contributed by atoms with E-state index in [0.717, 1.165) is 11.1 Å². The van der Waals surface area contributed by atoms with Crippen LogP contribution >= 0.6 is 34.8 Å². The van der Waals surface area contributed by atoms with E-state index in [-0.39, 0.29) is 0 Å².